The van der Waals surface area contributed by atoms with Crippen LogP contribution in [0.15, 0.2) is 53.4 Å². The van der Waals surface area contributed by atoms with Crippen molar-refractivity contribution < 1.29 is 8.42 Å². The van der Waals surface area contributed by atoms with Gasteiger partial charge in [-0.05, 0) is 55.4 Å². The third-order valence-corrected chi connectivity index (χ3v) is 5.91. The second kappa shape index (κ2) is 6.46. The Bertz CT molecular complexity index is 760. The van der Waals surface area contributed by atoms with Gasteiger partial charge in [0, 0.05) is 6.04 Å². The Balaban J connectivity index is 1.85. The minimum atomic E-state index is -3.50. The van der Waals surface area contributed by atoms with Crippen molar-refractivity contribution in [3.8, 4) is 0 Å². The fourth-order valence-electron chi connectivity index (χ4n) is 2.78. The van der Waals surface area contributed by atoms with E-state index in [4.69, 9.17) is 0 Å². The van der Waals surface area contributed by atoms with Gasteiger partial charge in [-0.25, -0.2) is 13.1 Å². The standard InChI is InChI=1S/C19H23NO2S/c1-3-15-6-12-18(13-7-15)23(21,22)20-19(17-10-11-17)16-8-4-14(2)5-9-16/h4-9,12-13,17,19-20H,3,10-11H2,1-2H3. The summed E-state index contributed by atoms with van der Waals surface area (Å²) in [7, 11) is -3.50. The molecule has 0 saturated heterocycles. The molecule has 0 aliphatic heterocycles. The van der Waals surface area contributed by atoms with Gasteiger partial charge in [0.05, 0.1) is 4.90 Å². The van der Waals surface area contributed by atoms with Crippen molar-refractivity contribution >= 4 is 10.0 Å². The molecule has 1 aliphatic rings. The zero-order valence-corrected chi connectivity index (χ0v) is 14.4. The molecular weight excluding hydrogens is 306 g/mol. The van der Waals surface area contributed by atoms with Crippen molar-refractivity contribution in [3.05, 3.63) is 65.2 Å². The first kappa shape index (κ1) is 16.2. The van der Waals surface area contributed by atoms with E-state index < -0.39 is 10.0 Å². The van der Waals surface area contributed by atoms with Crippen molar-refractivity contribution in [3.63, 3.8) is 0 Å². The molecular formula is C19H23NO2S. The summed E-state index contributed by atoms with van der Waals surface area (Å²) in [5.74, 6) is 0.405. The van der Waals surface area contributed by atoms with E-state index in [1.807, 2.05) is 43.3 Å². The lowest BCUT2D eigenvalue weighted by molar-refractivity contribution is 0.529. The number of benzene rings is 2. The summed E-state index contributed by atoms with van der Waals surface area (Å²) < 4.78 is 28.3. The molecule has 1 fully saturated rings. The predicted octanol–water partition coefficient (Wildman–Crippen LogP) is 3.99. The summed E-state index contributed by atoms with van der Waals surface area (Å²) in [6, 6.07) is 15.2. The van der Waals surface area contributed by atoms with E-state index in [0.717, 1.165) is 30.4 Å². The second-order valence-electron chi connectivity index (χ2n) is 6.34. The topological polar surface area (TPSA) is 46.2 Å². The molecule has 122 valence electrons. The van der Waals surface area contributed by atoms with E-state index >= 15 is 0 Å². The molecule has 4 heteroatoms. The average molecular weight is 329 g/mol. The van der Waals surface area contributed by atoms with Crippen LogP contribution in [0.5, 0.6) is 0 Å². The first-order valence-electron chi connectivity index (χ1n) is 8.17. The van der Waals surface area contributed by atoms with Gasteiger partial charge >= 0.3 is 0 Å². The second-order valence-corrected chi connectivity index (χ2v) is 8.06. The van der Waals surface area contributed by atoms with Gasteiger partial charge in [0.15, 0.2) is 0 Å². The number of nitrogens with one attached hydrogen (secondary N) is 1. The largest absolute Gasteiger partial charge is 0.241 e. The highest BCUT2D eigenvalue weighted by Crippen LogP contribution is 2.41. The molecule has 1 unspecified atom stereocenters. The summed E-state index contributed by atoms with van der Waals surface area (Å²) in [6.07, 6.45) is 3.06. The fraction of sp³-hybridized carbons (Fsp3) is 0.368. The van der Waals surface area contributed by atoms with Crippen LogP contribution in [0.3, 0.4) is 0 Å². The van der Waals surface area contributed by atoms with Crippen molar-refractivity contribution in [2.75, 3.05) is 0 Å². The first-order chi connectivity index (χ1) is 11.0. The van der Waals surface area contributed by atoms with Crippen LogP contribution in [0.25, 0.3) is 0 Å². The molecule has 1 aliphatic carbocycles. The molecule has 3 rings (SSSR count). The molecule has 1 atom stereocenters. The molecule has 0 amide bonds. The minimum Gasteiger partial charge on any atom is -0.207 e. The molecule has 3 nitrogen and oxygen atoms in total. The zero-order valence-electron chi connectivity index (χ0n) is 13.6. The van der Waals surface area contributed by atoms with E-state index in [1.54, 1.807) is 12.1 Å². The van der Waals surface area contributed by atoms with E-state index in [0.29, 0.717) is 10.8 Å². The van der Waals surface area contributed by atoms with Crippen LogP contribution < -0.4 is 4.72 Å². The van der Waals surface area contributed by atoms with Crippen LogP contribution in [-0.2, 0) is 16.4 Å². The van der Waals surface area contributed by atoms with Crippen molar-refractivity contribution in [2.45, 2.75) is 44.0 Å². The van der Waals surface area contributed by atoms with E-state index in [1.165, 1.54) is 5.56 Å². The number of rotatable bonds is 6. The average Bonchev–Trinajstić information content (AvgIpc) is 3.38. The Kier molecular flexibility index (Phi) is 4.55. The lowest BCUT2D eigenvalue weighted by Gasteiger charge is -2.19. The Hall–Kier alpha value is -1.65. The molecule has 0 heterocycles. The normalized spacial score (nSPS) is 16.3. The Labute approximate surface area is 138 Å². The maximum Gasteiger partial charge on any atom is 0.241 e. The van der Waals surface area contributed by atoms with Gasteiger partial charge in [-0.1, -0.05) is 48.9 Å². The Morgan fingerprint density at radius 3 is 2.17 bits per heavy atom. The number of sulfonamides is 1. The predicted molar refractivity (Wildman–Crippen MR) is 92.8 cm³/mol. The van der Waals surface area contributed by atoms with Crippen molar-refractivity contribution in [1.82, 2.24) is 4.72 Å². The zero-order chi connectivity index (χ0) is 16.4. The Morgan fingerprint density at radius 1 is 1.04 bits per heavy atom. The van der Waals surface area contributed by atoms with Gasteiger partial charge in [0.1, 0.15) is 0 Å². The smallest absolute Gasteiger partial charge is 0.207 e. The highest BCUT2D eigenvalue weighted by molar-refractivity contribution is 7.89. The minimum absolute atomic E-state index is 0.133. The fourth-order valence-corrected chi connectivity index (χ4v) is 4.07. The van der Waals surface area contributed by atoms with E-state index in [9.17, 15) is 8.42 Å². The maximum atomic E-state index is 12.7. The lowest BCUT2D eigenvalue weighted by Crippen LogP contribution is -2.30. The summed E-state index contributed by atoms with van der Waals surface area (Å²) in [6.45, 7) is 4.09. The quantitative estimate of drug-likeness (QED) is 0.871. The van der Waals surface area contributed by atoms with Crippen molar-refractivity contribution in [2.24, 2.45) is 5.92 Å². The van der Waals surface area contributed by atoms with Crippen LogP contribution in [0, 0.1) is 12.8 Å². The lowest BCUT2D eigenvalue weighted by atomic mass is 10.0. The summed E-state index contributed by atoms with van der Waals surface area (Å²) in [5.41, 5.74) is 3.37. The SMILES string of the molecule is CCc1ccc(S(=O)(=O)NC(c2ccc(C)cc2)C2CC2)cc1. The number of hydrogen-bond acceptors (Lipinski definition) is 2. The Morgan fingerprint density at radius 2 is 1.65 bits per heavy atom. The highest BCUT2D eigenvalue weighted by Gasteiger charge is 2.35. The molecule has 0 aromatic heterocycles. The van der Waals surface area contributed by atoms with Crippen LogP contribution in [0.4, 0.5) is 0 Å². The molecule has 23 heavy (non-hydrogen) atoms. The van der Waals surface area contributed by atoms with E-state index in [-0.39, 0.29) is 6.04 Å². The van der Waals surface area contributed by atoms with Crippen LogP contribution in [0.1, 0.15) is 42.5 Å². The molecule has 0 spiro atoms. The molecule has 2 aromatic rings. The molecule has 1 N–H and O–H groups in total. The number of aryl methyl sites for hydroxylation is 2. The van der Waals surface area contributed by atoms with Crippen LogP contribution >= 0.6 is 0 Å². The first-order valence-corrected chi connectivity index (χ1v) is 9.66. The molecule has 0 bridgehead atoms. The maximum absolute atomic E-state index is 12.7. The molecule has 0 radical (unpaired) electrons. The van der Waals surface area contributed by atoms with Gasteiger partial charge in [0.2, 0.25) is 10.0 Å². The van der Waals surface area contributed by atoms with Crippen molar-refractivity contribution in [1.29, 1.82) is 0 Å². The molecule has 2 aromatic carbocycles. The third-order valence-electron chi connectivity index (χ3n) is 4.45. The van der Waals surface area contributed by atoms with Gasteiger partial charge in [0.25, 0.3) is 0 Å². The van der Waals surface area contributed by atoms with Crippen LogP contribution in [-0.4, -0.2) is 8.42 Å². The summed E-state index contributed by atoms with van der Waals surface area (Å²) in [5, 5.41) is 0. The third kappa shape index (κ3) is 3.82. The van der Waals surface area contributed by atoms with Gasteiger partial charge in [-0.3, -0.25) is 0 Å². The van der Waals surface area contributed by atoms with E-state index in [2.05, 4.69) is 11.6 Å². The summed E-state index contributed by atoms with van der Waals surface area (Å²) >= 11 is 0. The van der Waals surface area contributed by atoms with Gasteiger partial charge in [-0.15, -0.1) is 0 Å². The number of hydrogen-bond donors (Lipinski definition) is 1. The monoisotopic (exact) mass is 329 g/mol. The molecule has 1 saturated carbocycles. The van der Waals surface area contributed by atoms with Crippen LogP contribution in [0.2, 0.25) is 0 Å². The van der Waals surface area contributed by atoms with Gasteiger partial charge in [-0.2, -0.15) is 0 Å². The summed E-state index contributed by atoms with van der Waals surface area (Å²) in [4.78, 5) is 0.340. The van der Waals surface area contributed by atoms with Gasteiger partial charge < -0.3 is 0 Å². The highest BCUT2D eigenvalue weighted by atomic mass is 32.2.